The van der Waals surface area contributed by atoms with E-state index in [9.17, 15) is 4.79 Å². The van der Waals surface area contributed by atoms with E-state index in [1.165, 1.54) is 0 Å². The van der Waals surface area contributed by atoms with Crippen molar-refractivity contribution >= 4 is 5.78 Å². The number of hydrogen-bond acceptors (Lipinski definition) is 4. The molecule has 1 spiro atoms. The van der Waals surface area contributed by atoms with Gasteiger partial charge in [-0.2, -0.15) is 0 Å². The van der Waals surface area contributed by atoms with E-state index in [0.717, 1.165) is 25.9 Å². The van der Waals surface area contributed by atoms with Gasteiger partial charge in [-0.3, -0.25) is 4.79 Å². The predicted molar refractivity (Wildman–Crippen MR) is 63.0 cm³/mol. The molecule has 0 aromatic carbocycles. The smallest absolute Gasteiger partial charge is 0.138 e. The van der Waals surface area contributed by atoms with Crippen LogP contribution in [0.25, 0.3) is 0 Å². The Bertz CT molecular complexity index is 258. The number of hydrogen-bond donors (Lipinski definition) is 0. The largest absolute Gasteiger partial charge is 0.381 e. The average molecular weight is 242 g/mol. The van der Waals surface area contributed by atoms with Gasteiger partial charge in [0.25, 0.3) is 0 Å². The molecule has 2 rings (SSSR count). The van der Waals surface area contributed by atoms with Gasteiger partial charge in [0.1, 0.15) is 5.78 Å². The highest BCUT2D eigenvalue weighted by Gasteiger charge is 2.42. The lowest BCUT2D eigenvalue weighted by atomic mass is 9.82. The predicted octanol–water partition coefficient (Wildman–Crippen LogP) is 1.57. The van der Waals surface area contributed by atoms with Crippen molar-refractivity contribution in [2.45, 2.75) is 38.2 Å². The molecule has 0 saturated carbocycles. The molecule has 2 fully saturated rings. The molecule has 17 heavy (non-hydrogen) atoms. The highest BCUT2D eigenvalue weighted by atomic mass is 16.6. The second-order valence-corrected chi connectivity index (χ2v) is 4.94. The standard InChI is InChI=1S/C13H22O4/c1-2-15-6-4-12(14)11-3-7-17-13(9-11)5-8-16-10-13/h11H,2-10H2,1H3. The Labute approximate surface area is 103 Å². The molecule has 2 heterocycles. The molecule has 0 aromatic rings. The van der Waals surface area contributed by atoms with E-state index in [4.69, 9.17) is 14.2 Å². The second-order valence-electron chi connectivity index (χ2n) is 4.94. The molecule has 2 unspecified atom stereocenters. The van der Waals surface area contributed by atoms with Gasteiger partial charge in [0.15, 0.2) is 0 Å². The summed E-state index contributed by atoms with van der Waals surface area (Å²) >= 11 is 0. The molecule has 0 aromatic heterocycles. The van der Waals surface area contributed by atoms with Crippen LogP contribution in [-0.2, 0) is 19.0 Å². The van der Waals surface area contributed by atoms with Crippen molar-refractivity contribution in [3.05, 3.63) is 0 Å². The average Bonchev–Trinajstić information content (AvgIpc) is 2.77. The van der Waals surface area contributed by atoms with E-state index in [1.54, 1.807) is 0 Å². The highest BCUT2D eigenvalue weighted by molar-refractivity contribution is 5.81. The summed E-state index contributed by atoms with van der Waals surface area (Å²) in [6.45, 7) is 5.29. The van der Waals surface area contributed by atoms with Crippen LogP contribution in [0.4, 0.5) is 0 Å². The van der Waals surface area contributed by atoms with E-state index in [0.29, 0.717) is 38.6 Å². The molecule has 0 radical (unpaired) electrons. The van der Waals surface area contributed by atoms with Gasteiger partial charge in [0, 0.05) is 38.6 Å². The molecule has 0 bridgehead atoms. The van der Waals surface area contributed by atoms with E-state index in [2.05, 4.69) is 0 Å². The first kappa shape index (κ1) is 13.0. The number of ether oxygens (including phenoxy) is 3. The Morgan fingerprint density at radius 3 is 3.06 bits per heavy atom. The summed E-state index contributed by atoms with van der Waals surface area (Å²) < 4.78 is 16.5. The molecule has 2 aliphatic heterocycles. The number of rotatable bonds is 5. The molecule has 98 valence electrons. The summed E-state index contributed by atoms with van der Waals surface area (Å²) in [6, 6.07) is 0. The van der Waals surface area contributed by atoms with Gasteiger partial charge in [-0.05, 0) is 19.8 Å². The quantitative estimate of drug-likeness (QED) is 0.686. The fraction of sp³-hybridized carbons (Fsp3) is 0.923. The van der Waals surface area contributed by atoms with E-state index in [1.807, 2.05) is 6.92 Å². The monoisotopic (exact) mass is 242 g/mol. The summed E-state index contributed by atoms with van der Waals surface area (Å²) in [5.41, 5.74) is -0.163. The number of carbonyl (C=O) groups is 1. The molecule has 4 heteroatoms. The van der Waals surface area contributed by atoms with Gasteiger partial charge >= 0.3 is 0 Å². The van der Waals surface area contributed by atoms with Gasteiger partial charge in [0.05, 0.1) is 18.8 Å². The van der Waals surface area contributed by atoms with Crippen molar-refractivity contribution < 1.29 is 19.0 Å². The fourth-order valence-corrected chi connectivity index (χ4v) is 2.69. The van der Waals surface area contributed by atoms with Crippen LogP contribution in [0.15, 0.2) is 0 Å². The maximum absolute atomic E-state index is 12.0. The van der Waals surface area contributed by atoms with E-state index < -0.39 is 0 Å². The number of Topliss-reactive ketones (excluding diaryl/α,β-unsaturated/α-hetero) is 1. The van der Waals surface area contributed by atoms with Crippen LogP contribution in [0.3, 0.4) is 0 Å². The minimum atomic E-state index is -0.163. The topological polar surface area (TPSA) is 44.8 Å². The molecular formula is C13H22O4. The lowest BCUT2D eigenvalue weighted by Crippen LogP contribution is -2.42. The first-order valence-corrected chi connectivity index (χ1v) is 6.58. The van der Waals surface area contributed by atoms with Crippen LogP contribution in [0.5, 0.6) is 0 Å². The summed E-state index contributed by atoms with van der Waals surface area (Å²) in [5, 5.41) is 0. The van der Waals surface area contributed by atoms with Crippen LogP contribution >= 0.6 is 0 Å². The number of ketones is 1. The highest BCUT2D eigenvalue weighted by Crippen LogP contribution is 2.36. The molecule has 2 saturated heterocycles. The third kappa shape index (κ3) is 3.27. The fourth-order valence-electron chi connectivity index (χ4n) is 2.69. The summed E-state index contributed by atoms with van der Waals surface area (Å²) in [5.74, 6) is 0.471. The van der Waals surface area contributed by atoms with Crippen molar-refractivity contribution in [2.75, 3.05) is 33.0 Å². The maximum atomic E-state index is 12.0. The van der Waals surface area contributed by atoms with Gasteiger partial charge in [-0.15, -0.1) is 0 Å². The molecule has 2 aliphatic rings. The molecule has 4 nitrogen and oxygen atoms in total. The van der Waals surface area contributed by atoms with Crippen molar-refractivity contribution in [2.24, 2.45) is 5.92 Å². The Morgan fingerprint density at radius 1 is 1.47 bits per heavy atom. The second kappa shape index (κ2) is 5.94. The molecule has 0 amide bonds. The van der Waals surface area contributed by atoms with Gasteiger partial charge < -0.3 is 14.2 Å². The molecule has 2 atom stereocenters. The van der Waals surface area contributed by atoms with Gasteiger partial charge in [-0.25, -0.2) is 0 Å². The molecule has 0 N–H and O–H groups in total. The van der Waals surface area contributed by atoms with Crippen LogP contribution in [0.1, 0.15) is 32.6 Å². The zero-order chi connectivity index (χ0) is 12.1. The van der Waals surface area contributed by atoms with Crippen molar-refractivity contribution in [1.82, 2.24) is 0 Å². The Hall–Kier alpha value is -0.450. The lowest BCUT2D eigenvalue weighted by molar-refractivity contribution is -0.138. The van der Waals surface area contributed by atoms with Crippen LogP contribution < -0.4 is 0 Å². The minimum absolute atomic E-state index is 0.144. The summed E-state index contributed by atoms with van der Waals surface area (Å²) in [7, 11) is 0. The summed E-state index contributed by atoms with van der Waals surface area (Å²) in [4.78, 5) is 12.0. The zero-order valence-corrected chi connectivity index (χ0v) is 10.6. The Morgan fingerprint density at radius 2 is 2.35 bits per heavy atom. The lowest BCUT2D eigenvalue weighted by Gasteiger charge is -2.36. The molecule has 0 aliphatic carbocycles. The first-order chi connectivity index (χ1) is 8.26. The summed E-state index contributed by atoms with van der Waals surface area (Å²) in [6.07, 6.45) is 3.16. The Balaban J connectivity index is 1.82. The van der Waals surface area contributed by atoms with Gasteiger partial charge in [-0.1, -0.05) is 0 Å². The van der Waals surface area contributed by atoms with Crippen LogP contribution in [0.2, 0.25) is 0 Å². The SMILES string of the molecule is CCOCCC(=O)C1CCOC2(CCOC2)C1. The maximum Gasteiger partial charge on any atom is 0.138 e. The van der Waals surface area contributed by atoms with E-state index in [-0.39, 0.29) is 11.5 Å². The van der Waals surface area contributed by atoms with E-state index >= 15 is 0 Å². The van der Waals surface area contributed by atoms with Crippen molar-refractivity contribution in [3.63, 3.8) is 0 Å². The third-order valence-electron chi connectivity index (χ3n) is 3.71. The number of carbonyl (C=O) groups excluding carboxylic acids is 1. The Kier molecular flexibility index (Phi) is 4.54. The van der Waals surface area contributed by atoms with Gasteiger partial charge in [0.2, 0.25) is 0 Å². The zero-order valence-electron chi connectivity index (χ0n) is 10.6. The van der Waals surface area contributed by atoms with Crippen molar-refractivity contribution in [3.8, 4) is 0 Å². The van der Waals surface area contributed by atoms with Crippen LogP contribution in [-0.4, -0.2) is 44.4 Å². The third-order valence-corrected chi connectivity index (χ3v) is 3.71. The normalized spacial score (nSPS) is 33.1. The minimum Gasteiger partial charge on any atom is -0.381 e. The van der Waals surface area contributed by atoms with Crippen molar-refractivity contribution in [1.29, 1.82) is 0 Å². The molecular weight excluding hydrogens is 220 g/mol. The van der Waals surface area contributed by atoms with Crippen LogP contribution in [0, 0.1) is 5.92 Å². The first-order valence-electron chi connectivity index (χ1n) is 6.58.